The minimum absolute atomic E-state index is 0.0444. The third kappa shape index (κ3) is 2.94. The van der Waals surface area contributed by atoms with E-state index < -0.39 is 0 Å². The molecule has 3 aromatic carbocycles. The normalized spacial score (nSPS) is 18.7. The van der Waals surface area contributed by atoms with Gasteiger partial charge in [0.2, 0.25) is 0 Å². The molecule has 1 heterocycles. The number of imidazole rings is 1. The number of aryl methyl sites for hydroxylation is 1. The molecule has 1 fully saturated rings. The van der Waals surface area contributed by atoms with Crippen molar-refractivity contribution in [1.29, 1.82) is 0 Å². The Hall–Kier alpha value is -2.91. The number of aliphatic hydroxyl groups excluding tert-OH is 1. The molecule has 0 bridgehead atoms. The van der Waals surface area contributed by atoms with E-state index in [0.717, 1.165) is 40.0 Å². The van der Waals surface area contributed by atoms with Crippen molar-refractivity contribution in [1.82, 2.24) is 9.97 Å². The summed E-state index contributed by atoms with van der Waals surface area (Å²) in [4.78, 5) is 8.38. The van der Waals surface area contributed by atoms with Crippen LogP contribution in [-0.2, 0) is 6.61 Å². The van der Waals surface area contributed by atoms with Crippen LogP contribution in [0, 0.1) is 6.92 Å². The highest BCUT2D eigenvalue weighted by Gasteiger charge is 2.41. The molecule has 0 amide bonds. The van der Waals surface area contributed by atoms with Crippen LogP contribution in [0.5, 0.6) is 0 Å². The van der Waals surface area contributed by atoms with Gasteiger partial charge in [0.1, 0.15) is 5.82 Å². The van der Waals surface area contributed by atoms with Crippen LogP contribution in [0.1, 0.15) is 40.8 Å². The predicted octanol–water partition coefficient (Wildman–Crippen LogP) is 5.30. The number of hydrogen-bond donors (Lipinski definition) is 2. The maximum absolute atomic E-state index is 9.61. The molecule has 2 unspecified atom stereocenters. The van der Waals surface area contributed by atoms with Crippen LogP contribution in [0.15, 0.2) is 66.7 Å². The zero-order valence-corrected chi connectivity index (χ0v) is 15.3. The summed E-state index contributed by atoms with van der Waals surface area (Å²) < 4.78 is 0. The van der Waals surface area contributed by atoms with E-state index in [9.17, 15) is 5.11 Å². The van der Waals surface area contributed by atoms with Gasteiger partial charge in [-0.1, -0.05) is 60.2 Å². The average Bonchev–Trinajstić information content (AvgIpc) is 3.39. The Morgan fingerprint density at radius 1 is 1.00 bits per heavy atom. The fourth-order valence-corrected chi connectivity index (χ4v) is 3.99. The van der Waals surface area contributed by atoms with Crippen LogP contribution in [-0.4, -0.2) is 15.1 Å². The van der Waals surface area contributed by atoms with Crippen molar-refractivity contribution in [3.8, 4) is 11.1 Å². The first-order valence-electron chi connectivity index (χ1n) is 9.48. The molecule has 0 saturated heterocycles. The van der Waals surface area contributed by atoms with Gasteiger partial charge in [-0.15, -0.1) is 0 Å². The van der Waals surface area contributed by atoms with E-state index in [-0.39, 0.29) is 6.61 Å². The van der Waals surface area contributed by atoms with Crippen LogP contribution >= 0.6 is 0 Å². The molecule has 3 nitrogen and oxygen atoms in total. The Labute approximate surface area is 158 Å². The summed E-state index contributed by atoms with van der Waals surface area (Å²) in [5.41, 5.74) is 7.89. The number of benzene rings is 3. The second-order valence-corrected chi connectivity index (χ2v) is 7.53. The highest BCUT2D eigenvalue weighted by molar-refractivity contribution is 5.83. The summed E-state index contributed by atoms with van der Waals surface area (Å²) in [6, 6.07) is 23.2. The molecule has 4 aromatic rings. The first-order valence-corrected chi connectivity index (χ1v) is 9.48. The zero-order valence-electron chi connectivity index (χ0n) is 15.3. The maximum Gasteiger partial charge on any atom is 0.110 e. The smallest absolute Gasteiger partial charge is 0.110 e. The molecular formula is C24H22N2O. The monoisotopic (exact) mass is 354 g/mol. The van der Waals surface area contributed by atoms with E-state index in [1.54, 1.807) is 0 Å². The predicted molar refractivity (Wildman–Crippen MR) is 109 cm³/mol. The molecule has 0 spiro atoms. The fourth-order valence-electron chi connectivity index (χ4n) is 3.99. The molecule has 0 aliphatic heterocycles. The van der Waals surface area contributed by atoms with Crippen molar-refractivity contribution in [2.75, 3.05) is 0 Å². The third-order valence-corrected chi connectivity index (χ3v) is 5.65. The van der Waals surface area contributed by atoms with Gasteiger partial charge in [0.15, 0.2) is 0 Å². The first-order chi connectivity index (χ1) is 13.2. The molecule has 3 heteroatoms. The number of H-pyrrole nitrogens is 1. The Bertz CT molecular complexity index is 1110. The summed E-state index contributed by atoms with van der Waals surface area (Å²) in [6.07, 6.45) is 1.16. The first kappa shape index (κ1) is 16.3. The van der Waals surface area contributed by atoms with Gasteiger partial charge in [-0.3, -0.25) is 0 Å². The molecule has 5 rings (SSSR count). The Kier molecular flexibility index (Phi) is 3.83. The van der Waals surface area contributed by atoms with Gasteiger partial charge in [0, 0.05) is 5.92 Å². The van der Waals surface area contributed by atoms with E-state index in [0.29, 0.717) is 11.8 Å². The minimum Gasteiger partial charge on any atom is -0.392 e. The number of aromatic amines is 1. The van der Waals surface area contributed by atoms with E-state index in [4.69, 9.17) is 4.98 Å². The average molecular weight is 354 g/mol. The van der Waals surface area contributed by atoms with Gasteiger partial charge in [-0.2, -0.15) is 0 Å². The number of fused-ring (bicyclic) bond motifs is 1. The molecule has 0 radical (unpaired) electrons. The highest BCUT2D eigenvalue weighted by atomic mass is 16.3. The van der Waals surface area contributed by atoms with Crippen LogP contribution in [0.4, 0.5) is 0 Å². The third-order valence-electron chi connectivity index (χ3n) is 5.65. The number of nitrogens with zero attached hydrogens (tertiary/aromatic N) is 1. The lowest BCUT2D eigenvalue weighted by molar-refractivity contribution is 0.282. The standard InChI is InChI=1S/C24H22N2O/c1-15-6-8-16(9-7-15)20-13-21(20)24-25-22-11-10-17(12-23(22)26-24)19-5-3-2-4-18(19)14-27/h2-12,20-21,27H,13-14H2,1H3,(H,25,26). The van der Waals surface area contributed by atoms with Gasteiger partial charge in [0.05, 0.1) is 17.6 Å². The van der Waals surface area contributed by atoms with Crippen molar-refractivity contribution >= 4 is 11.0 Å². The lowest BCUT2D eigenvalue weighted by atomic mass is 10.00. The molecule has 134 valence electrons. The molecule has 1 aliphatic rings. The second-order valence-electron chi connectivity index (χ2n) is 7.53. The molecule has 2 N–H and O–H groups in total. The van der Waals surface area contributed by atoms with Crippen molar-refractivity contribution in [2.45, 2.75) is 31.8 Å². The van der Waals surface area contributed by atoms with Crippen LogP contribution in [0.2, 0.25) is 0 Å². The van der Waals surface area contributed by atoms with Crippen molar-refractivity contribution in [3.63, 3.8) is 0 Å². The minimum atomic E-state index is 0.0444. The summed E-state index contributed by atoms with van der Waals surface area (Å²) in [5, 5.41) is 9.61. The quantitative estimate of drug-likeness (QED) is 0.522. The van der Waals surface area contributed by atoms with Crippen molar-refractivity contribution in [2.24, 2.45) is 0 Å². The number of aliphatic hydroxyl groups is 1. The number of nitrogens with one attached hydrogen (secondary N) is 1. The van der Waals surface area contributed by atoms with Crippen LogP contribution in [0.25, 0.3) is 22.2 Å². The Morgan fingerprint density at radius 2 is 1.81 bits per heavy atom. The lowest BCUT2D eigenvalue weighted by Gasteiger charge is -2.07. The summed E-state index contributed by atoms with van der Waals surface area (Å²) >= 11 is 0. The highest BCUT2D eigenvalue weighted by Crippen LogP contribution is 2.54. The zero-order chi connectivity index (χ0) is 18.4. The van der Waals surface area contributed by atoms with Gasteiger partial charge >= 0.3 is 0 Å². The van der Waals surface area contributed by atoms with Crippen molar-refractivity contribution in [3.05, 3.63) is 89.2 Å². The summed E-state index contributed by atoms with van der Waals surface area (Å²) in [7, 11) is 0. The van der Waals surface area contributed by atoms with Crippen LogP contribution < -0.4 is 0 Å². The van der Waals surface area contributed by atoms with E-state index in [2.05, 4.69) is 60.4 Å². The molecule has 1 aliphatic carbocycles. The maximum atomic E-state index is 9.61. The van der Waals surface area contributed by atoms with Crippen LogP contribution in [0.3, 0.4) is 0 Å². The molecule has 1 saturated carbocycles. The molecule has 2 atom stereocenters. The van der Waals surface area contributed by atoms with Gasteiger partial charge in [0.25, 0.3) is 0 Å². The SMILES string of the molecule is Cc1ccc(C2CC2c2nc3ccc(-c4ccccc4CO)cc3[nH]2)cc1. The van der Waals surface area contributed by atoms with Gasteiger partial charge in [-0.05, 0) is 53.6 Å². The van der Waals surface area contributed by atoms with Gasteiger partial charge < -0.3 is 10.1 Å². The van der Waals surface area contributed by atoms with E-state index >= 15 is 0 Å². The largest absolute Gasteiger partial charge is 0.392 e. The Balaban J connectivity index is 1.46. The fraction of sp³-hybridized carbons (Fsp3) is 0.208. The lowest BCUT2D eigenvalue weighted by Crippen LogP contribution is -1.88. The van der Waals surface area contributed by atoms with Crippen molar-refractivity contribution < 1.29 is 5.11 Å². The molecule has 27 heavy (non-hydrogen) atoms. The van der Waals surface area contributed by atoms with E-state index in [1.807, 2.05) is 18.2 Å². The summed E-state index contributed by atoms with van der Waals surface area (Å²) in [5.74, 6) is 2.14. The number of rotatable bonds is 4. The second kappa shape index (κ2) is 6.36. The molecular weight excluding hydrogens is 332 g/mol. The summed E-state index contributed by atoms with van der Waals surface area (Å²) in [6.45, 7) is 2.17. The topological polar surface area (TPSA) is 48.9 Å². The van der Waals surface area contributed by atoms with Gasteiger partial charge in [-0.25, -0.2) is 4.98 Å². The molecule has 1 aromatic heterocycles. The van der Waals surface area contributed by atoms with E-state index in [1.165, 1.54) is 11.1 Å². The number of aromatic nitrogens is 2. The Morgan fingerprint density at radius 3 is 2.63 bits per heavy atom. The number of hydrogen-bond acceptors (Lipinski definition) is 2.